The van der Waals surface area contributed by atoms with E-state index >= 15 is 0 Å². The molecule has 1 atom stereocenters. The van der Waals surface area contributed by atoms with Gasteiger partial charge in [-0.2, -0.15) is 0 Å². The van der Waals surface area contributed by atoms with Crippen LogP contribution >= 0.6 is 0 Å². The first-order valence-electron chi connectivity index (χ1n) is 6.38. The summed E-state index contributed by atoms with van der Waals surface area (Å²) >= 11 is -0.880. The predicted molar refractivity (Wildman–Crippen MR) is 73.5 cm³/mol. The molecule has 0 aliphatic rings. The molecule has 1 amide bonds. The number of hydrogen-bond acceptors (Lipinski definition) is 3. The molecule has 5 heteroatoms. The summed E-state index contributed by atoms with van der Waals surface area (Å²) < 4.78 is 11.5. The zero-order valence-corrected chi connectivity index (χ0v) is 12.1. The minimum absolute atomic E-state index is 0.0162. The van der Waals surface area contributed by atoms with E-state index < -0.39 is 11.2 Å². The van der Waals surface area contributed by atoms with Crippen LogP contribution in [-0.4, -0.2) is 41.6 Å². The minimum Gasteiger partial charge on any atom is -0.616 e. The van der Waals surface area contributed by atoms with Crippen molar-refractivity contribution in [2.45, 2.75) is 33.6 Å². The minimum atomic E-state index is -0.880. The molecule has 0 aliphatic carbocycles. The summed E-state index contributed by atoms with van der Waals surface area (Å²) in [5.74, 6) is 1.72. The highest BCUT2D eigenvalue weighted by atomic mass is 32.2. The van der Waals surface area contributed by atoms with E-state index in [1.807, 2.05) is 6.92 Å². The molecule has 0 aromatic heterocycles. The molecule has 0 saturated carbocycles. The van der Waals surface area contributed by atoms with Crippen LogP contribution < -0.4 is 10.6 Å². The highest BCUT2D eigenvalue weighted by Gasteiger charge is 2.09. The quantitative estimate of drug-likeness (QED) is 0.454. The highest BCUT2D eigenvalue weighted by Crippen LogP contribution is 1.97. The number of amides is 1. The third-order valence-electron chi connectivity index (χ3n) is 2.36. The number of hydrogen-bond donors (Lipinski definition) is 2. The van der Waals surface area contributed by atoms with Gasteiger partial charge in [-0.05, 0) is 18.9 Å². The molecule has 17 heavy (non-hydrogen) atoms. The number of nitrogens with one attached hydrogen (secondary N) is 2. The summed E-state index contributed by atoms with van der Waals surface area (Å²) in [5.41, 5.74) is 0. The SMILES string of the molecule is CCNCC[S+]([O-])CCC(=O)NCCC(C)C. The fourth-order valence-corrected chi connectivity index (χ4v) is 2.25. The van der Waals surface area contributed by atoms with Crippen molar-refractivity contribution < 1.29 is 9.35 Å². The smallest absolute Gasteiger partial charge is 0.224 e. The second kappa shape index (κ2) is 10.9. The maximum atomic E-state index is 11.5. The molecule has 0 fully saturated rings. The molecule has 0 aliphatic heterocycles. The van der Waals surface area contributed by atoms with Gasteiger partial charge in [0, 0.05) is 13.1 Å². The summed E-state index contributed by atoms with van der Waals surface area (Å²) in [6, 6.07) is 0. The second-order valence-corrected chi connectivity index (χ2v) is 6.18. The lowest BCUT2D eigenvalue weighted by molar-refractivity contribution is -0.120. The van der Waals surface area contributed by atoms with Gasteiger partial charge in [-0.25, -0.2) is 0 Å². The lowest BCUT2D eigenvalue weighted by Crippen LogP contribution is -2.29. The zero-order valence-electron chi connectivity index (χ0n) is 11.3. The molecule has 0 saturated heterocycles. The van der Waals surface area contributed by atoms with Gasteiger partial charge >= 0.3 is 0 Å². The van der Waals surface area contributed by atoms with Crippen LogP contribution in [0, 0.1) is 5.92 Å². The lowest BCUT2D eigenvalue weighted by Gasteiger charge is -2.11. The second-order valence-electron chi connectivity index (χ2n) is 4.48. The van der Waals surface area contributed by atoms with E-state index in [0.717, 1.165) is 26.1 Å². The first-order chi connectivity index (χ1) is 8.06. The van der Waals surface area contributed by atoms with E-state index in [1.54, 1.807) is 0 Å². The standard InChI is InChI=1S/C12H26N2O2S/c1-4-13-8-10-17(16)9-6-12(15)14-7-5-11(2)3/h11,13H,4-10H2,1-3H3,(H,14,15). The van der Waals surface area contributed by atoms with Crippen molar-refractivity contribution in [3.05, 3.63) is 0 Å². The van der Waals surface area contributed by atoms with Gasteiger partial charge in [-0.1, -0.05) is 31.9 Å². The van der Waals surface area contributed by atoms with Gasteiger partial charge in [0.1, 0.15) is 11.5 Å². The average Bonchev–Trinajstić information content (AvgIpc) is 2.26. The van der Waals surface area contributed by atoms with Crippen molar-refractivity contribution in [1.82, 2.24) is 10.6 Å². The number of rotatable bonds is 10. The van der Waals surface area contributed by atoms with Crippen LogP contribution in [0.2, 0.25) is 0 Å². The van der Waals surface area contributed by atoms with Crippen molar-refractivity contribution in [2.75, 3.05) is 31.1 Å². The van der Waals surface area contributed by atoms with Gasteiger partial charge in [0.05, 0.1) is 6.42 Å². The first-order valence-corrected chi connectivity index (χ1v) is 7.87. The fraction of sp³-hybridized carbons (Fsp3) is 0.917. The summed E-state index contributed by atoms with van der Waals surface area (Å²) in [7, 11) is 0. The molecule has 0 heterocycles. The van der Waals surface area contributed by atoms with E-state index in [4.69, 9.17) is 0 Å². The van der Waals surface area contributed by atoms with Crippen LogP contribution in [-0.2, 0) is 16.0 Å². The Morgan fingerprint density at radius 2 is 2.00 bits per heavy atom. The monoisotopic (exact) mass is 262 g/mol. The van der Waals surface area contributed by atoms with Crippen molar-refractivity contribution in [3.8, 4) is 0 Å². The Balaban J connectivity index is 3.42. The Kier molecular flexibility index (Phi) is 10.7. The van der Waals surface area contributed by atoms with Crippen LogP contribution in [0.5, 0.6) is 0 Å². The predicted octanol–water partition coefficient (Wildman–Crippen LogP) is 0.897. The molecule has 4 nitrogen and oxygen atoms in total. The normalized spacial score (nSPS) is 12.8. The van der Waals surface area contributed by atoms with E-state index in [2.05, 4.69) is 24.5 Å². The van der Waals surface area contributed by atoms with Crippen LogP contribution in [0.1, 0.15) is 33.6 Å². The number of carbonyl (C=O) groups excluding carboxylic acids is 1. The van der Waals surface area contributed by atoms with E-state index in [1.165, 1.54) is 0 Å². The Morgan fingerprint density at radius 1 is 1.29 bits per heavy atom. The third kappa shape index (κ3) is 12.0. The third-order valence-corrected chi connectivity index (χ3v) is 3.68. The zero-order chi connectivity index (χ0) is 13.1. The first kappa shape index (κ1) is 16.7. The van der Waals surface area contributed by atoms with Crippen molar-refractivity contribution in [1.29, 1.82) is 0 Å². The Morgan fingerprint density at radius 3 is 2.59 bits per heavy atom. The lowest BCUT2D eigenvalue weighted by atomic mass is 10.1. The average molecular weight is 262 g/mol. The van der Waals surface area contributed by atoms with Gasteiger partial charge < -0.3 is 15.2 Å². The van der Waals surface area contributed by atoms with Crippen LogP contribution in [0.15, 0.2) is 0 Å². The summed E-state index contributed by atoms with van der Waals surface area (Å²) in [4.78, 5) is 11.4. The molecule has 102 valence electrons. The van der Waals surface area contributed by atoms with Crippen molar-refractivity contribution in [3.63, 3.8) is 0 Å². The van der Waals surface area contributed by atoms with E-state index in [9.17, 15) is 9.35 Å². The van der Waals surface area contributed by atoms with E-state index in [-0.39, 0.29) is 5.91 Å². The van der Waals surface area contributed by atoms with Crippen molar-refractivity contribution >= 4 is 17.1 Å². The van der Waals surface area contributed by atoms with Crippen LogP contribution in [0.4, 0.5) is 0 Å². The molecule has 0 rings (SSSR count). The van der Waals surface area contributed by atoms with E-state index in [0.29, 0.717) is 23.8 Å². The Bertz CT molecular complexity index is 201. The Labute approximate surface area is 108 Å². The van der Waals surface area contributed by atoms with Gasteiger partial charge in [-0.15, -0.1) is 0 Å². The highest BCUT2D eigenvalue weighted by molar-refractivity contribution is 7.91. The molecule has 1 unspecified atom stereocenters. The summed E-state index contributed by atoms with van der Waals surface area (Å²) in [5, 5.41) is 5.97. The maximum Gasteiger partial charge on any atom is 0.224 e. The largest absolute Gasteiger partial charge is 0.616 e. The van der Waals surface area contributed by atoms with Gasteiger partial charge in [0.25, 0.3) is 0 Å². The van der Waals surface area contributed by atoms with Gasteiger partial charge in [0.2, 0.25) is 5.91 Å². The topological polar surface area (TPSA) is 64.2 Å². The maximum absolute atomic E-state index is 11.5. The molecule has 0 spiro atoms. The molecular weight excluding hydrogens is 236 g/mol. The molecule has 2 N–H and O–H groups in total. The van der Waals surface area contributed by atoms with Crippen LogP contribution in [0.25, 0.3) is 0 Å². The number of carbonyl (C=O) groups is 1. The molecular formula is C12H26N2O2S. The molecule has 0 aromatic carbocycles. The van der Waals surface area contributed by atoms with Gasteiger partial charge in [-0.3, -0.25) is 4.79 Å². The fourth-order valence-electron chi connectivity index (χ4n) is 1.26. The summed E-state index contributed by atoms with van der Waals surface area (Å²) in [6.07, 6.45) is 1.37. The molecule has 0 bridgehead atoms. The Hall–Kier alpha value is -0.260. The molecule has 0 aromatic rings. The van der Waals surface area contributed by atoms with Crippen molar-refractivity contribution in [2.24, 2.45) is 5.92 Å². The van der Waals surface area contributed by atoms with Crippen LogP contribution in [0.3, 0.4) is 0 Å². The molecule has 0 radical (unpaired) electrons. The van der Waals surface area contributed by atoms with Gasteiger partial charge in [0.15, 0.2) is 0 Å². The summed E-state index contributed by atoms with van der Waals surface area (Å²) in [6.45, 7) is 8.65.